The highest BCUT2D eigenvalue weighted by molar-refractivity contribution is 5.95. The molecule has 0 bridgehead atoms. The Morgan fingerprint density at radius 3 is 1.65 bits per heavy atom. The van der Waals surface area contributed by atoms with Crippen LogP contribution in [-0.2, 0) is 33.7 Å². The molecule has 0 spiro atoms. The third kappa shape index (κ3) is 12.3. The molecule has 4 heterocycles. The smallest absolute Gasteiger partial charge is 0.253 e. The third-order valence-corrected chi connectivity index (χ3v) is 12.8. The van der Waals surface area contributed by atoms with Gasteiger partial charge in [0.15, 0.2) is 0 Å². The molecule has 62 heavy (non-hydrogen) atoms. The number of carbonyl (C=O) groups excluding carboxylic acids is 2. The van der Waals surface area contributed by atoms with Gasteiger partial charge < -0.3 is 34.8 Å². The summed E-state index contributed by atoms with van der Waals surface area (Å²) >= 11 is 0. The number of hydrogen-bond acceptors (Lipinski definition) is 8. The fourth-order valence-corrected chi connectivity index (χ4v) is 8.73. The molecule has 12 heteroatoms. The van der Waals surface area contributed by atoms with Gasteiger partial charge in [-0.15, -0.1) is 0 Å². The fraction of sp³-hybridized carbons (Fsp3) is 0.480. The number of rotatable bonds is 12. The van der Waals surface area contributed by atoms with Gasteiger partial charge in [0.2, 0.25) is 5.91 Å². The van der Waals surface area contributed by atoms with Crippen molar-refractivity contribution in [2.24, 2.45) is 11.8 Å². The summed E-state index contributed by atoms with van der Waals surface area (Å²) in [6.45, 7) is 14.9. The maximum absolute atomic E-state index is 14.6. The number of piperidine rings is 2. The SMILES string of the molecule is CCc1ccc(C(=O)N2CCC(C(=O)Nc3ccc(N4CCOCC4)c(F)c3)CC2)cc1.CCc1ccc(CN2CCC(CNc3ccc(N4CCOCC4)c(F)c3)CC2)cc1. The number of halogens is 2. The Morgan fingerprint density at radius 2 is 1.11 bits per heavy atom. The van der Waals surface area contributed by atoms with Gasteiger partial charge in [0.25, 0.3) is 5.91 Å². The van der Waals surface area contributed by atoms with Crippen molar-refractivity contribution in [3.05, 3.63) is 119 Å². The molecule has 4 aliphatic rings. The lowest BCUT2D eigenvalue weighted by atomic mass is 9.95. The first-order chi connectivity index (χ1) is 30.3. The van der Waals surface area contributed by atoms with E-state index in [1.165, 1.54) is 35.6 Å². The van der Waals surface area contributed by atoms with E-state index in [0.29, 0.717) is 94.0 Å². The van der Waals surface area contributed by atoms with Crippen LogP contribution >= 0.6 is 0 Å². The van der Waals surface area contributed by atoms with Gasteiger partial charge in [-0.1, -0.05) is 50.2 Å². The van der Waals surface area contributed by atoms with Gasteiger partial charge in [0.05, 0.1) is 37.8 Å². The number of amides is 2. The number of morpholine rings is 2. The van der Waals surface area contributed by atoms with E-state index in [9.17, 15) is 18.4 Å². The minimum Gasteiger partial charge on any atom is -0.385 e. The van der Waals surface area contributed by atoms with Crippen LogP contribution in [0, 0.1) is 23.5 Å². The largest absolute Gasteiger partial charge is 0.385 e. The second kappa shape index (κ2) is 22.4. The van der Waals surface area contributed by atoms with E-state index in [1.54, 1.807) is 18.2 Å². The number of likely N-dealkylation sites (tertiary alicyclic amines) is 2. The first kappa shape index (κ1) is 45.0. The number of carbonyl (C=O) groups is 2. The Balaban J connectivity index is 0.000000187. The Labute approximate surface area is 366 Å². The molecule has 0 radical (unpaired) electrons. The van der Waals surface area contributed by atoms with Crippen molar-refractivity contribution in [3.8, 4) is 0 Å². The van der Waals surface area contributed by atoms with Gasteiger partial charge in [-0.2, -0.15) is 0 Å². The Bertz CT molecular complexity index is 2040. The van der Waals surface area contributed by atoms with Crippen molar-refractivity contribution in [1.82, 2.24) is 9.80 Å². The van der Waals surface area contributed by atoms with Crippen LogP contribution in [0.25, 0.3) is 0 Å². The molecule has 0 aliphatic carbocycles. The minimum absolute atomic E-state index is 0.00674. The molecule has 10 nitrogen and oxygen atoms in total. The predicted octanol–water partition coefficient (Wildman–Crippen LogP) is 8.26. The van der Waals surface area contributed by atoms with Gasteiger partial charge in [-0.05, 0) is 123 Å². The van der Waals surface area contributed by atoms with Crippen LogP contribution in [0.15, 0.2) is 84.9 Å². The van der Waals surface area contributed by atoms with E-state index >= 15 is 0 Å². The monoisotopic (exact) mass is 850 g/mol. The van der Waals surface area contributed by atoms with Crippen LogP contribution < -0.4 is 20.4 Å². The van der Waals surface area contributed by atoms with E-state index < -0.39 is 0 Å². The van der Waals surface area contributed by atoms with Crippen molar-refractivity contribution < 1.29 is 27.8 Å². The summed E-state index contributed by atoms with van der Waals surface area (Å²) < 4.78 is 39.9. The maximum Gasteiger partial charge on any atom is 0.253 e. The standard InChI is InChI=1S/C25H30FN3O3.C25H34FN3O/c1-2-18-3-5-20(6-4-18)25(31)29-11-9-19(10-12-29)24(30)27-21-7-8-23(22(26)17-21)28-13-15-32-16-14-28;1-2-20-3-5-22(6-4-20)19-28-11-9-21(10-12-28)18-27-23-7-8-25(24(26)17-23)29-13-15-30-16-14-29/h3-8,17,19H,2,9-16H2,1H3,(H,27,30);3-8,17,21,27H,2,9-16,18-19H2,1H3. The molecule has 0 aromatic heterocycles. The van der Waals surface area contributed by atoms with Gasteiger partial charge >= 0.3 is 0 Å². The Hall–Kier alpha value is -5.04. The van der Waals surface area contributed by atoms with Gasteiger partial charge in [0, 0.05) is 75.2 Å². The summed E-state index contributed by atoms with van der Waals surface area (Å²) in [5, 5.41) is 6.31. The van der Waals surface area contributed by atoms with E-state index in [1.807, 2.05) is 46.2 Å². The number of anilines is 4. The molecule has 4 fully saturated rings. The molecule has 0 saturated carbocycles. The van der Waals surface area contributed by atoms with Crippen LogP contribution in [0.2, 0.25) is 0 Å². The molecule has 4 aromatic carbocycles. The maximum atomic E-state index is 14.6. The lowest BCUT2D eigenvalue weighted by Crippen LogP contribution is -2.41. The first-order valence-electron chi connectivity index (χ1n) is 22.7. The normalized spacial score (nSPS) is 17.9. The van der Waals surface area contributed by atoms with Crippen LogP contribution in [0.4, 0.5) is 31.5 Å². The van der Waals surface area contributed by atoms with Crippen LogP contribution in [0.5, 0.6) is 0 Å². The van der Waals surface area contributed by atoms with Crippen LogP contribution in [0.3, 0.4) is 0 Å². The summed E-state index contributed by atoms with van der Waals surface area (Å²) in [6, 6.07) is 27.1. The van der Waals surface area contributed by atoms with E-state index in [4.69, 9.17) is 9.47 Å². The van der Waals surface area contributed by atoms with Crippen LogP contribution in [-0.4, -0.2) is 107 Å². The van der Waals surface area contributed by atoms with Crippen molar-refractivity contribution >= 4 is 34.6 Å². The second-order valence-electron chi connectivity index (χ2n) is 16.9. The minimum atomic E-state index is -0.348. The summed E-state index contributed by atoms with van der Waals surface area (Å²) in [5.74, 6) is -0.158. The fourth-order valence-electron chi connectivity index (χ4n) is 8.73. The third-order valence-electron chi connectivity index (χ3n) is 12.8. The Kier molecular flexibility index (Phi) is 16.2. The molecule has 4 aliphatic heterocycles. The van der Waals surface area contributed by atoms with E-state index in [-0.39, 0.29) is 29.4 Å². The molecule has 332 valence electrons. The highest BCUT2D eigenvalue weighted by atomic mass is 19.1. The molecule has 2 N–H and O–H groups in total. The van der Waals surface area contributed by atoms with Crippen molar-refractivity contribution in [1.29, 1.82) is 0 Å². The zero-order valence-electron chi connectivity index (χ0n) is 36.6. The zero-order chi connectivity index (χ0) is 43.3. The van der Waals surface area contributed by atoms with Crippen LogP contribution in [0.1, 0.15) is 66.6 Å². The number of benzene rings is 4. The Morgan fingerprint density at radius 1 is 0.613 bits per heavy atom. The summed E-state index contributed by atoms with van der Waals surface area (Å²) in [5.41, 5.74) is 7.24. The number of hydrogen-bond donors (Lipinski definition) is 2. The van der Waals surface area contributed by atoms with Crippen molar-refractivity contribution in [2.75, 3.05) is 106 Å². The quantitative estimate of drug-likeness (QED) is 0.147. The van der Waals surface area contributed by atoms with Crippen molar-refractivity contribution in [3.63, 3.8) is 0 Å². The van der Waals surface area contributed by atoms with Crippen molar-refractivity contribution in [2.45, 2.75) is 58.9 Å². The van der Waals surface area contributed by atoms with E-state index in [2.05, 4.69) is 58.5 Å². The summed E-state index contributed by atoms with van der Waals surface area (Å²) in [6.07, 6.45) is 5.61. The molecule has 0 atom stereocenters. The zero-order valence-corrected chi connectivity index (χ0v) is 36.6. The topological polar surface area (TPSA) is 89.6 Å². The predicted molar refractivity (Wildman–Crippen MR) is 244 cm³/mol. The van der Waals surface area contributed by atoms with Gasteiger partial charge in [0.1, 0.15) is 11.6 Å². The van der Waals surface area contributed by atoms with E-state index in [0.717, 1.165) is 57.8 Å². The summed E-state index contributed by atoms with van der Waals surface area (Å²) in [7, 11) is 0. The number of nitrogens with zero attached hydrogens (tertiary/aromatic N) is 4. The highest BCUT2D eigenvalue weighted by Gasteiger charge is 2.28. The average Bonchev–Trinajstić information content (AvgIpc) is 3.32. The summed E-state index contributed by atoms with van der Waals surface area (Å²) in [4.78, 5) is 33.8. The van der Waals surface area contributed by atoms with Gasteiger partial charge in [-0.3, -0.25) is 14.5 Å². The molecule has 2 amide bonds. The molecule has 0 unspecified atom stereocenters. The first-order valence-corrected chi connectivity index (χ1v) is 22.7. The molecule has 4 saturated heterocycles. The number of nitrogens with one attached hydrogen (secondary N) is 2. The molecular weight excluding hydrogens is 787 g/mol. The van der Waals surface area contributed by atoms with Gasteiger partial charge in [-0.25, -0.2) is 8.78 Å². The average molecular weight is 851 g/mol. The second-order valence-corrected chi connectivity index (χ2v) is 16.9. The number of ether oxygens (including phenoxy) is 2. The highest BCUT2D eigenvalue weighted by Crippen LogP contribution is 2.28. The molecule has 8 rings (SSSR count). The number of aryl methyl sites for hydroxylation is 2. The lowest BCUT2D eigenvalue weighted by Gasteiger charge is -2.32. The molecule has 4 aromatic rings. The molecular formula is C50H64F2N6O4. The lowest BCUT2D eigenvalue weighted by molar-refractivity contribution is -0.121.